The highest BCUT2D eigenvalue weighted by Gasteiger charge is 2.16. The van der Waals surface area contributed by atoms with E-state index in [1.165, 1.54) is 11.3 Å². The van der Waals surface area contributed by atoms with Gasteiger partial charge in [-0.2, -0.15) is 0 Å². The molecule has 0 atom stereocenters. The van der Waals surface area contributed by atoms with Gasteiger partial charge in [-0.05, 0) is 30.3 Å². The van der Waals surface area contributed by atoms with Gasteiger partial charge in [-0.15, -0.1) is 0 Å². The van der Waals surface area contributed by atoms with Crippen molar-refractivity contribution >= 4 is 32.6 Å². The molecule has 0 bridgehead atoms. The third kappa shape index (κ3) is 2.63. The van der Waals surface area contributed by atoms with Gasteiger partial charge in [0.15, 0.2) is 16.6 Å². The molecule has 1 N–H and O–H groups in total. The first-order valence-electron chi connectivity index (χ1n) is 7.39. The lowest BCUT2D eigenvalue weighted by molar-refractivity contribution is 0.102. The Morgan fingerprint density at radius 1 is 1.21 bits per heavy atom. The number of ether oxygens (including phenoxy) is 3. The van der Waals surface area contributed by atoms with E-state index in [0.29, 0.717) is 41.2 Å². The third-order valence-electron chi connectivity index (χ3n) is 3.63. The van der Waals surface area contributed by atoms with Crippen LogP contribution in [-0.2, 0) is 0 Å². The summed E-state index contributed by atoms with van der Waals surface area (Å²) in [6, 6.07) is 10.8. The van der Waals surface area contributed by atoms with Crippen molar-refractivity contribution in [1.82, 2.24) is 4.98 Å². The van der Waals surface area contributed by atoms with Crippen molar-refractivity contribution in [3.8, 4) is 17.2 Å². The first kappa shape index (κ1) is 14.8. The molecule has 24 heavy (non-hydrogen) atoms. The molecule has 0 saturated carbocycles. The van der Waals surface area contributed by atoms with Gasteiger partial charge >= 0.3 is 0 Å². The van der Waals surface area contributed by atoms with Crippen LogP contribution in [-0.4, -0.2) is 31.2 Å². The van der Waals surface area contributed by atoms with Gasteiger partial charge in [0.2, 0.25) is 0 Å². The number of methoxy groups -OCH3 is 1. The SMILES string of the molecule is COc1cccc2sc(NC(=O)c3ccc4c(c3)OCCO4)nc12. The van der Waals surface area contributed by atoms with Gasteiger partial charge in [-0.3, -0.25) is 10.1 Å². The standard InChI is InChI=1S/C17H14N2O4S/c1-21-12-3-2-4-14-15(12)18-17(24-14)19-16(20)10-5-6-11-13(9-10)23-8-7-22-11/h2-6,9H,7-8H2,1H3,(H,18,19,20). The molecule has 6 nitrogen and oxygen atoms in total. The summed E-state index contributed by atoms with van der Waals surface area (Å²) in [5.41, 5.74) is 1.23. The van der Waals surface area contributed by atoms with Crippen LogP contribution in [0, 0.1) is 0 Å². The fraction of sp³-hybridized carbons (Fsp3) is 0.176. The van der Waals surface area contributed by atoms with Crippen LogP contribution in [0.15, 0.2) is 36.4 Å². The minimum Gasteiger partial charge on any atom is -0.494 e. The molecule has 0 saturated heterocycles. The Morgan fingerprint density at radius 3 is 2.88 bits per heavy atom. The van der Waals surface area contributed by atoms with E-state index in [2.05, 4.69) is 10.3 Å². The Balaban J connectivity index is 1.60. The first-order chi connectivity index (χ1) is 11.7. The minimum absolute atomic E-state index is 0.245. The zero-order valence-corrected chi connectivity index (χ0v) is 13.7. The number of benzene rings is 2. The fourth-order valence-electron chi connectivity index (χ4n) is 2.50. The number of fused-ring (bicyclic) bond motifs is 2. The largest absolute Gasteiger partial charge is 0.494 e. The maximum absolute atomic E-state index is 12.5. The van der Waals surface area contributed by atoms with Crippen LogP contribution in [0.4, 0.5) is 5.13 Å². The molecule has 0 radical (unpaired) electrons. The van der Waals surface area contributed by atoms with Gasteiger partial charge in [0.05, 0.1) is 11.8 Å². The van der Waals surface area contributed by atoms with E-state index in [0.717, 1.165) is 10.2 Å². The lowest BCUT2D eigenvalue weighted by Crippen LogP contribution is -2.17. The van der Waals surface area contributed by atoms with Crippen LogP contribution in [0.25, 0.3) is 10.2 Å². The number of carbonyl (C=O) groups excluding carboxylic acids is 1. The van der Waals surface area contributed by atoms with Gasteiger partial charge in [-0.1, -0.05) is 17.4 Å². The fourth-order valence-corrected chi connectivity index (χ4v) is 3.37. The summed E-state index contributed by atoms with van der Waals surface area (Å²) >= 11 is 1.40. The van der Waals surface area contributed by atoms with Gasteiger partial charge in [-0.25, -0.2) is 4.98 Å². The molecule has 0 spiro atoms. The van der Waals surface area contributed by atoms with Crippen molar-refractivity contribution in [3.63, 3.8) is 0 Å². The van der Waals surface area contributed by atoms with Crippen molar-refractivity contribution in [2.45, 2.75) is 0 Å². The predicted molar refractivity (Wildman–Crippen MR) is 91.6 cm³/mol. The molecule has 0 fully saturated rings. The van der Waals surface area contributed by atoms with Crippen molar-refractivity contribution in [2.75, 3.05) is 25.6 Å². The van der Waals surface area contributed by atoms with Gasteiger partial charge in [0.1, 0.15) is 24.5 Å². The second-order valence-electron chi connectivity index (χ2n) is 5.14. The summed E-state index contributed by atoms with van der Waals surface area (Å²) < 4.78 is 17.2. The van der Waals surface area contributed by atoms with E-state index >= 15 is 0 Å². The Morgan fingerprint density at radius 2 is 2.04 bits per heavy atom. The molecule has 7 heteroatoms. The number of nitrogens with zero attached hydrogens (tertiary/aromatic N) is 1. The molecule has 3 aromatic rings. The Bertz CT molecular complexity index is 922. The average molecular weight is 342 g/mol. The second-order valence-corrected chi connectivity index (χ2v) is 6.17. The monoisotopic (exact) mass is 342 g/mol. The summed E-state index contributed by atoms with van der Waals surface area (Å²) in [5.74, 6) is 1.68. The Hall–Kier alpha value is -2.80. The van der Waals surface area contributed by atoms with Crippen LogP contribution in [0.2, 0.25) is 0 Å². The summed E-state index contributed by atoms with van der Waals surface area (Å²) in [5, 5.41) is 3.34. The van der Waals surface area contributed by atoms with Gasteiger partial charge < -0.3 is 14.2 Å². The van der Waals surface area contributed by atoms with Crippen LogP contribution in [0.3, 0.4) is 0 Å². The van der Waals surface area contributed by atoms with E-state index in [1.807, 2.05) is 18.2 Å². The normalized spacial score (nSPS) is 12.9. The number of thiazole rings is 1. The molecule has 1 amide bonds. The Labute approximate surface area is 142 Å². The topological polar surface area (TPSA) is 69.7 Å². The second kappa shape index (κ2) is 6.01. The zero-order chi connectivity index (χ0) is 16.5. The van der Waals surface area contributed by atoms with Crippen molar-refractivity contribution in [2.24, 2.45) is 0 Å². The number of para-hydroxylation sites is 1. The van der Waals surface area contributed by atoms with Crippen LogP contribution >= 0.6 is 11.3 Å². The number of amides is 1. The van der Waals surface area contributed by atoms with Crippen LogP contribution in [0.1, 0.15) is 10.4 Å². The highest BCUT2D eigenvalue weighted by atomic mass is 32.1. The molecule has 4 rings (SSSR count). The molecule has 2 aromatic carbocycles. The number of hydrogen-bond acceptors (Lipinski definition) is 6. The van der Waals surface area contributed by atoms with E-state index < -0.39 is 0 Å². The van der Waals surface area contributed by atoms with E-state index in [4.69, 9.17) is 14.2 Å². The summed E-state index contributed by atoms with van der Waals surface area (Å²) in [6.07, 6.45) is 0. The summed E-state index contributed by atoms with van der Waals surface area (Å²) in [4.78, 5) is 16.9. The average Bonchev–Trinajstić information content (AvgIpc) is 3.03. The number of aromatic nitrogens is 1. The van der Waals surface area contributed by atoms with E-state index in [9.17, 15) is 4.79 Å². The molecule has 1 aliphatic heterocycles. The lowest BCUT2D eigenvalue weighted by atomic mass is 10.2. The smallest absolute Gasteiger partial charge is 0.257 e. The molecular formula is C17H14N2O4S. The van der Waals surface area contributed by atoms with Gasteiger partial charge in [0.25, 0.3) is 5.91 Å². The molecular weight excluding hydrogens is 328 g/mol. The summed E-state index contributed by atoms with van der Waals surface area (Å²) in [6.45, 7) is 1.00. The van der Waals surface area contributed by atoms with E-state index in [-0.39, 0.29) is 5.91 Å². The molecule has 0 aliphatic carbocycles. The predicted octanol–water partition coefficient (Wildman–Crippen LogP) is 3.33. The van der Waals surface area contributed by atoms with Crippen molar-refractivity contribution in [3.05, 3.63) is 42.0 Å². The number of carbonyl (C=O) groups is 1. The maximum Gasteiger partial charge on any atom is 0.257 e. The molecule has 1 aliphatic rings. The number of hydrogen-bond donors (Lipinski definition) is 1. The van der Waals surface area contributed by atoms with Crippen molar-refractivity contribution < 1.29 is 19.0 Å². The highest BCUT2D eigenvalue weighted by Crippen LogP contribution is 2.33. The quantitative estimate of drug-likeness (QED) is 0.791. The third-order valence-corrected chi connectivity index (χ3v) is 4.56. The maximum atomic E-state index is 12.5. The highest BCUT2D eigenvalue weighted by molar-refractivity contribution is 7.22. The zero-order valence-electron chi connectivity index (χ0n) is 12.9. The molecule has 1 aromatic heterocycles. The van der Waals surface area contributed by atoms with E-state index in [1.54, 1.807) is 25.3 Å². The number of rotatable bonds is 3. The number of anilines is 1. The van der Waals surface area contributed by atoms with Crippen molar-refractivity contribution in [1.29, 1.82) is 0 Å². The van der Waals surface area contributed by atoms with Crippen LogP contribution in [0.5, 0.6) is 17.2 Å². The first-order valence-corrected chi connectivity index (χ1v) is 8.21. The minimum atomic E-state index is -0.245. The molecule has 2 heterocycles. The Kier molecular flexibility index (Phi) is 3.70. The summed E-state index contributed by atoms with van der Waals surface area (Å²) in [7, 11) is 1.60. The lowest BCUT2D eigenvalue weighted by Gasteiger charge is -2.18. The molecule has 0 unspecified atom stereocenters. The van der Waals surface area contributed by atoms with Gasteiger partial charge in [0, 0.05) is 5.56 Å². The number of nitrogens with one attached hydrogen (secondary N) is 1. The molecule has 122 valence electrons. The van der Waals surface area contributed by atoms with Crippen LogP contribution < -0.4 is 19.5 Å².